The summed E-state index contributed by atoms with van der Waals surface area (Å²) in [6, 6.07) is 12.6. The molecule has 3 aromatic carbocycles. The van der Waals surface area contributed by atoms with Crippen LogP contribution in [0, 0.1) is 17.6 Å². The number of fused-ring (bicyclic) bond motifs is 1. The number of pyridine rings is 1. The van der Waals surface area contributed by atoms with Crippen LogP contribution in [-0.4, -0.2) is 122 Å². The minimum atomic E-state index is -4.62. The van der Waals surface area contributed by atoms with Crippen molar-refractivity contribution in [1.82, 2.24) is 30.1 Å². The molecule has 1 unspecified atom stereocenters. The van der Waals surface area contributed by atoms with Crippen LogP contribution in [0.5, 0.6) is 5.75 Å². The molecule has 4 saturated heterocycles. The molecule has 4 aliphatic rings. The number of anilines is 6. The molecule has 73 heavy (non-hydrogen) atoms. The van der Waals surface area contributed by atoms with Gasteiger partial charge < -0.3 is 34.6 Å². The summed E-state index contributed by atoms with van der Waals surface area (Å²) >= 11 is 3.52. The quantitative estimate of drug-likeness (QED) is 0.0551. The number of rotatable bonds is 14. The Balaban J connectivity index is 0.761. The first kappa shape index (κ1) is 52.4. The first-order valence-electron chi connectivity index (χ1n) is 25.0. The SMILES string of the molecule is CCc1cc(Nc2ncc(Br)c(Nc3ccc4nc(C(F)(F)F)ccc4c3P(C)(C)=O)n2)c(OC)cc1N1CCC(N2CCN(CCC3CCN(c4cc(F)c(C5CCC(=O)NC5=O)c(F)c4)CC3)CC2)CC1. The fourth-order valence-electron chi connectivity index (χ4n) is 11.0. The molecule has 390 valence electrons. The molecule has 3 N–H and O–H groups in total. The number of amides is 2. The van der Waals surface area contributed by atoms with E-state index in [9.17, 15) is 27.3 Å². The van der Waals surface area contributed by atoms with E-state index in [0.29, 0.717) is 68.8 Å². The standard InChI is InChI=1S/C52H61BrF5N10O4P/c1-5-32-26-42(62-51-59-30-37(53)49(64-51)61-41-9-8-40-35(48(41)73(3,4)71)6-10-45(60-40)52(56,57)58)44(72-2)29-43(32)68-20-15-33(16-21-68)67-24-22-65(23-25-67)17-12-31-13-18-66(19-14-31)34-27-38(54)47(39(55)28-34)36-7-11-46(69)63-50(36)70/h6,8-10,26-31,33,36H,5,7,11-25H2,1-4H3,(H,63,69,70)(H2,59,61,62,64). The Labute approximate surface area is 430 Å². The number of nitrogens with zero attached hydrogens (tertiary/aromatic N) is 7. The molecule has 5 aromatic rings. The highest BCUT2D eigenvalue weighted by molar-refractivity contribution is 9.10. The molecule has 0 spiro atoms. The lowest BCUT2D eigenvalue weighted by atomic mass is 9.89. The largest absolute Gasteiger partial charge is 0.494 e. The van der Waals surface area contributed by atoms with E-state index >= 15 is 8.78 Å². The average molecular weight is 1100 g/mol. The summed E-state index contributed by atoms with van der Waals surface area (Å²) < 4.78 is 91.0. The molecule has 14 nitrogen and oxygen atoms in total. The molecule has 9 rings (SSSR count). The molecule has 0 bridgehead atoms. The van der Waals surface area contributed by atoms with Gasteiger partial charge in [0.1, 0.15) is 36.0 Å². The molecule has 2 aromatic heterocycles. The third kappa shape index (κ3) is 11.8. The van der Waals surface area contributed by atoms with E-state index in [4.69, 9.17) is 9.72 Å². The lowest BCUT2D eigenvalue weighted by molar-refractivity contribution is -0.141. The van der Waals surface area contributed by atoms with Gasteiger partial charge in [0.2, 0.25) is 17.8 Å². The van der Waals surface area contributed by atoms with Crippen molar-refractivity contribution in [1.29, 1.82) is 0 Å². The van der Waals surface area contributed by atoms with E-state index in [1.54, 1.807) is 32.7 Å². The molecule has 0 aliphatic carbocycles. The van der Waals surface area contributed by atoms with Gasteiger partial charge in [-0.25, -0.2) is 18.7 Å². The molecule has 1 atom stereocenters. The average Bonchev–Trinajstić information content (AvgIpc) is 3.36. The number of imide groups is 1. The fraction of sp³-hybridized carbons (Fsp3) is 0.481. The minimum Gasteiger partial charge on any atom is -0.494 e. The van der Waals surface area contributed by atoms with Gasteiger partial charge in [-0.2, -0.15) is 18.2 Å². The normalized spacial score (nSPS) is 19.1. The second-order valence-corrected chi connectivity index (χ2v) is 23.9. The molecule has 6 heterocycles. The smallest absolute Gasteiger partial charge is 0.433 e. The number of aryl methyl sites for hydroxylation is 1. The maximum Gasteiger partial charge on any atom is 0.433 e. The summed E-state index contributed by atoms with van der Waals surface area (Å²) in [7, 11) is -1.43. The second-order valence-electron chi connectivity index (χ2n) is 19.9. The zero-order chi connectivity index (χ0) is 51.8. The molecule has 21 heteroatoms. The third-order valence-corrected chi connectivity index (χ3v) is 17.0. The van der Waals surface area contributed by atoms with Gasteiger partial charge in [0.05, 0.1) is 34.4 Å². The van der Waals surface area contributed by atoms with E-state index in [-0.39, 0.29) is 29.9 Å². The Kier molecular flexibility index (Phi) is 15.7. The van der Waals surface area contributed by atoms with Crippen LogP contribution in [0.2, 0.25) is 0 Å². The summed E-state index contributed by atoms with van der Waals surface area (Å²) in [6.45, 7) is 13.7. The number of benzene rings is 3. The number of hydrogen-bond acceptors (Lipinski definition) is 13. The van der Waals surface area contributed by atoms with Gasteiger partial charge in [-0.05, 0) is 135 Å². The van der Waals surface area contributed by atoms with Crippen LogP contribution >= 0.6 is 23.1 Å². The van der Waals surface area contributed by atoms with E-state index in [2.05, 4.69) is 75.6 Å². The maximum atomic E-state index is 15.2. The van der Waals surface area contributed by atoms with E-state index in [1.165, 1.54) is 24.3 Å². The van der Waals surface area contributed by atoms with Crippen LogP contribution in [-0.2, 0) is 26.8 Å². The van der Waals surface area contributed by atoms with Crippen molar-refractivity contribution in [3.63, 3.8) is 0 Å². The van der Waals surface area contributed by atoms with Crippen LogP contribution in [0.4, 0.5) is 56.5 Å². The van der Waals surface area contributed by atoms with Gasteiger partial charge in [0.15, 0.2) is 0 Å². The zero-order valence-electron chi connectivity index (χ0n) is 41.4. The number of carbonyl (C=O) groups excluding carboxylic acids is 2. The lowest BCUT2D eigenvalue weighted by Gasteiger charge is -2.44. The van der Waals surface area contributed by atoms with Crippen molar-refractivity contribution in [2.24, 2.45) is 5.92 Å². The van der Waals surface area contributed by atoms with Crippen molar-refractivity contribution in [3.8, 4) is 5.75 Å². The predicted octanol–water partition coefficient (Wildman–Crippen LogP) is 9.80. The molecule has 2 amide bonds. The number of nitrogens with one attached hydrogen (secondary N) is 3. The highest BCUT2D eigenvalue weighted by Crippen LogP contribution is 2.43. The number of halogens is 6. The number of hydrogen-bond donors (Lipinski definition) is 3. The van der Waals surface area contributed by atoms with Crippen LogP contribution < -0.4 is 35.8 Å². The maximum absolute atomic E-state index is 15.2. The van der Waals surface area contributed by atoms with Crippen molar-refractivity contribution in [2.75, 3.05) is 99.8 Å². The molecule has 0 saturated carbocycles. The number of ether oxygens (including phenoxy) is 1. The summed E-state index contributed by atoms with van der Waals surface area (Å²) in [4.78, 5) is 46.6. The number of methoxy groups -OCH3 is 1. The topological polar surface area (TPSA) is 148 Å². The number of alkyl halides is 3. The zero-order valence-corrected chi connectivity index (χ0v) is 43.9. The Morgan fingerprint density at radius 2 is 1.55 bits per heavy atom. The Bertz CT molecular complexity index is 2900. The van der Waals surface area contributed by atoms with Gasteiger partial charge in [-0.15, -0.1) is 0 Å². The summed E-state index contributed by atoms with van der Waals surface area (Å²) in [5.74, 6) is -1.78. The predicted molar refractivity (Wildman–Crippen MR) is 279 cm³/mol. The number of piperazine rings is 1. The summed E-state index contributed by atoms with van der Waals surface area (Å²) in [6.07, 6.45) is 2.98. The summed E-state index contributed by atoms with van der Waals surface area (Å²) in [5.41, 5.74) is 2.67. The Hall–Kier alpha value is -5.43. The first-order chi connectivity index (χ1) is 34.9. The van der Waals surface area contributed by atoms with Gasteiger partial charge in [-0.3, -0.25) is 19.8 Å². The number of aromatic nitrogens is 3. The highest BCUT2D eigenvalue weighted by atomic mass is 79.9. The summed E-state index contributed by atoms with van der Waals surface area (Å²) in [5, 5.41) is 9.48. The van der Waals surface area contributed by atoms with Gasteiger partial charge in [0, 0.05) is 105 Å². The minimum absolute atomic E-state index is 0.0581. The Morgan fingerprint density at radius 1 is 0.849 bits per heavy atom. The monoisotopic (exact) mass is 1090 g/mol. The molecule has 4 fully saturated rings. The lowest BCUT2D eigenvalue weighted by Crippen LogP contribution is -2.53. The third-order valence-electron chi connectivity index (χ3n) is 14.9. The molecule has 0 radical (unpaired) electrons. The number of piperidine rings is 3. The van der Waals surface area contributed by atoms with Crippen LogP contribution in [0.3, 0.4) is 0 Å². The Morgan fingerprint density at radius 3 is 2.19 bits per heavy atom. The number of carbonyl (C=O) groups is 2. The fourth-order valence-corrected chi connectivity index (χ4v) is 12.7. The van der Waals surface area contributed by atoms with Crippen LogP contribution in [0.25, 0.3) is 10.9 Å². The van der Waals surface area contributed by atoms with Crippen molar-refractivity contribution >= 4 is 85.6 Å². The van der Waals surface area contributed by atoms with Crippen LogP contribution in [0.15, 0.2) is 59.2 Å². The molecular weight excluding hydrogens is 1030 g/mol. The van der Waals surface area contributed by atoms with E-state index in [1.807, 2.05) is 4.90 Å². The van der Waals surface area contributed by atoms with Crippen molar-refractivity contribution < 1.29 is 40.8 Å². The van der Waals surface area contributed by atoms with Gasteiger partial charge >= 0.3 is 6.18 Å². The van der Waals surface area contributed by atoms with Crippen molar-refractivity contribution in [3.05, 3.63) is 87.7 Å². The van der Waals surface area contributed by atoms with Gasteiger partial charge in [0.25, 0.3) is 0 Å². The van der Waals surface area contributed by atoms with Crippen molar-refractivity contribution in [2.45, 2.75) is 76.4 Å². The van der Waals surface area contributed by atoms with Crippen LogP contribution in [0.1, 0.15) is 74.6 Å². The highest BCUT2D eigenvalue weighted by Gasteiger charge is 2.35. The van der Waals surface area contributed by atoms with E-state index < -0.39 is 48.4 Å². The van der Waals surface area contributed by atoms with E-state index in [0.717, 1.165) is 102 Å². The van der Waals surface area contributed by atoms with Gasteiger partial charge in [-0.1, -0.05) is 6.92 Å². The first-order valence-corrected chi connectivity index (χ1v) is 28.4. The molecular formula is C52H61BrF5N10O4P. The second kappa shape index (κ2) is 21.8. The molecule has 4 aliphatic heterocycles.